The standard InChI is InChI=1S/C25H39N3O2/c1-3-4-5-6-7-8-15-26-23-14-17-28(19-23)25(30)22-11-9-21(10-12-22)24(29)27-16-13-20(2)18-27/h9-12,20,23,26H,3-8,13-19H2,1-2H3. The Morgan fingerprint density at radius 3 is 2.03 bits per heavy atom. The largest absolute Gasteiger partial charge is 0.338 e. The van der Waals surface area contributed by atoms with Crippen molar-refractivity contribution in [3.8, 4) is 0 Å². The predicted octanol–water partition coefficient (Wildman–Crippen LogP) is 4.33. The van der Waals surface area contributed by atoms with E-state index in [1.54, 1.807) is 0 Å². The number of carbonyl (C=O) groups excluding carboxylic acids is 2. The van der Waals surface area contributed by atoms with Crippen molar-refractivity contribution >= 4 is 11.8 Å². The first-order valence-electron chi connectivity index (χ1n) is 12.0. The summed E-state index contributed by atoms with van der Waals surface area (Å²) in [5, 5.41) is 3.62. The lowest BCUT2D eigenvalue weighted by Gasteiger charge is -2.18. The van der Waals surface area contributed by atoms with E-state index in [1.807, 2.05) is 34.1 Å². The summed E-state index contributed by atoms with van der Waals surface area (Å²) in [6.45, 7) is 8.73. The molecule has 2 heterocycles. The molecule has 2 aliphatic rings. The Morgan fingerprint density at radius 2 is 1.43 bits per heavy atom. The second kappa shape index (κ2) is 11.5. The van der Waals surface area contributed by atoms with E-state index in [9.17, 15) is 9.59 Å². The minimum absolute atomic E-state index is 0.0765. The number of amides is 2. The lowest BCUT2D eigenvalue weighted by molar-refractivity contribution is 0.0777. The van der Waals surface area contributed by atoms with Crippen LogP contribution < -0.4 is 5.32 Å². The first-order valence-corrected chi connectivity index (χ1v) is 12.0. The van der Waals surface area contributed by atoms with E-state index in [0.29, 0.717) is 23.1 Å². The Kier molecular flexibility index (Phi) is 8.74. The summed E-state index contributed by atoms with van der Waals surface area (Å²) in [6, 6.07) is 7.65. The Hall–Kier alpha value is -1.88. The van der Waals surface area contributed by atoms with Gasteiger partial charge in [0.25, 0.3) is 11.8 Å². The Morgan fingerprint density at radius 1 is 0.867 bits per heavy atom. The van der Waals surface area contributed by atoms with Gasteiger partial charge in [0.05, 0.1) is 0 Å². The van der Waals surface area contributed by atoms with Crippen molar-refractivity contribution in [1.82, 2.24) is 15.1 Å². The highest BCUT2D eigenvalue weighted by Gasteiger charge is 2.27. The van der Waals surface area contributed by atoms with Gasteiger partial charge in [-0.2, -0.15) is 0 Å². The maximum absolute atomic E-state index is 12.9. The van der Waals surface area contributed by atoms with Gasteiger partial charge in [0.2, 0.25) is 0 Å². The van der Waals surface area contributed by atoms with E-state index >= 15 is 0 Å². The summed E-state index contributed by atoms with van der Waals surface area (Å²) in [4.78, 5) is 29.3. The molecule has 0 saturated carbocycles. The van der Waals surface area contributed by atoms with E-state index in [4.69, 9.17) is 0 Å². The van der Waals surface area contributed by atoms with Crippen LogP contribution in [0.4, 0.5) is 0 Å². The van der Waals surface area contributed by atoms with Crippen molar-refractivity contribution in [2.75, 3.05) is 32.7 Å². The number of rotatable bonds is 10. The molecule has 0 aliphatic carbocycles. The molecule has 5 heteroatoms. The van der Waals surface area contributed by atoms with Gasteiger partial charge >= 0.3 is 0 Å². The normalized spacial score (nSPS) is 21.4. The molecule has 1 aromatic rings. The zero-order valence-electron chi connectivity index (χ0n) is 18.9. The number of carbonyl (C=O) groups is 2. The zero-order chi connectivity index (χ0) is 21.3. The van der Waals surface area contributed by atoms with Crippen LogP contribution >= 0.6 is 0 Å². The van der Waals surface area contributed by atoms with Crippen molar-refractivity contribution in [2.45, 2.75) is 71.3 Å². The van der Waals surface area contributed by atoms with E-state index in [0.717, 1.165) is 45.6 Å². The van der Waals surface area contributed by atoms with Gasteiger partial charge in [0.15, 0.2) is 0 Å². The lowest BCUT2D eigenvalue weighted by Crippen LogP contribution is -2.35. The molecular weight excluding hydrogens is 374 g/mol. The molecule has 166 valence electrons. The average Bonchev–Trinajstić information content (AvgIpc) is 3.41. The smallest absolute Gasteiger partial charge is 0.253 e. The molecule has 2 saturated heterocycles. The fourth-order valence-electron chi connectivity index (χ4n) is 4.56. The lowest BCUT2D eigenvalue weighted by atomic mass is 10.1. The molecule has 2 atom stereocenters. The van der Waals surface area contributed by atoms with Crippen molar-refractivity contribution in [3.05, 3.63) is 35.4 Å². The van der Waals surface area contributed by atoms with Crippen LogP contribution in [0.2, 0.25) is 0 Å². The molecule has 0 spiro atoms. The Balaban J connectivity index is 1.40. The van der Waals surface area contributed by atoms with Gasteiger partial charge in [0.1, 0.15) is 0 Å². The van der Waals surface area contributed by atoms with Gasteiger partial charge in [-0.15, -0.1) is 0 Å². The number of unbranched alkanes of at least 4 members (excludes halogenated alkanes) is 5. The van der Waals surface area contributed by atoms with Crippen molar-refractivity contribution < 1.29 is 9.59 Å². The molecule has 0 radical (unpaired) electrons. The summed E-state index contributed by atoms with van der Waals surface area (Å²) >= 11 is 0. The SMILES string of the molecule is CCCCCCCCNC1CCN(C(=O)c2ccc(C(=O)N3CCC(C)C3)cc2)C1. The first-order chi connectivity index (χ1) is 14.6. The van der Waals surface area contributed by atoms with Gasteiger partial charge in [-0.25, -0.2) is 0 Å². The van der Waals surface area contributed by atoms with E-state index in [2.05, 4.69) is 19.2 Å². The second-order valence-corrected chi connectivity index (χ2v) is 9.18. The summed E-state index contributed by atoms with van der Waals surface area (Å²) < 4.78 is 0. The first kappa shape index (κ1) is 22.8. The van der Waals surface area contributed by atoms with Gasteiger partial charge < -0.3 is 15.1 Å². The zero-order valence-corrected chi connectivity index (χ0v) is 18.9. The minimum Gasteiger partial charge on any atom is -0.338 e. The van der Waals surface area contributed by atoms with Gasteiger partial charge in [0, 0.05) is 43.3 Å². The third kappa shape index (κ3) is 6.31. The topological polar surface area (TPSA) is 52.7 Å². The van der Waals surface area contributed by atoms with Crippen LogP contribution in [0.5, 0.6) is 0 Å². The van der Waals surface area contributed by atoms with Crippen LogP contribution in [0, 0.1) is 5.92 Å². The van der Waals surface area contributed by atoms with E-state index in [1.165, 1.54) is 38.5 Å². The Bertz CT molecular complexity index is 688. The molecule has 3 rings (SSSR count). The maximum atomic E-state index is 12.9. The molecule has 2 aliphatic heterocycles. The highest BCUT2D eigenvalue weighted by molar-refractivity contribution is 5.98. The minimum atomic E-state index is 0.0765. The number of hydrogen-bond acceptors (Lipinski definition) is 3. The highest BCUT2D eigenvalue weighted by atomic mass is 16.2. The molecule has 2 fully saturated rings. The summed E-state index contributed by atoms with van der Waals surface area (Å²) in [7, 11) is 0. The van der Waals surface area contributed by atoms with Crippen LogP contribution in [0.15, 0.2) is 24.3 Å². The molecule has 30 heavy (non-hydrogen) atoms. The fraction of sp³-hybridized carbons (Fsp3) is 0.680. The van der Waals surface area contributed by atoms with Gasteiger partial charge in [-0.3, -0.25) is 9.59 Å². The van der Waals surface area contributed by atoms with Gasteiger partial charge in [-0.05, 0) is 56.0 Å². The number of benzene rings is 1. The molecule has 5 nitrogen and oxygen atoms in total. The predicted molar refractivity (Wildman–Crippen MR) is 122 cm³/mol. The van der Waals surface area contributed by atoms with Crippen LogP contribution in [-0.4, -0.2) is 60.4 Å². The highest BCUT2D eigenvalue weighted by Crippen LogP contribution is 2.19. The molecule has 1 N–H and O–H groups in total. The maximum Gasteiger partial charge on any atom is 0.253 e. The molecule has 2 unspecified atom stereocenters. The van der Waals surface area contributed by atoms with Crippen molar-refractivity contribution in [2.24, 2.45) is 5.92 Å². The average molecular weight is 414 g/mol. The quantitative estimate of drug-likeness (QED) is 0.581. The monoisotopic (exact) mass is 413 g/mol. The number of hydrogen-bond donors (Lipinski definition) is 1. The van der Waals surface area contributed by atoms with Crippen LogP contribution in [0.1, 0.15) is 85.9 Å². The third-order valence-corrected chi connectivity index (χ3v) is 6.53. The van der Waals surface area contributed by atoms with Crippen LogP contribution in [0.25, 0.3) is 0 Å². The Labute approximate surface area is 182 Å². The number of likely N-dealkylation sites (tertiary alicyclic amines) is 2. The number of nitrogens with zero attached hydrogens (tertiary/aromatic N) is 2. The molecular formula is C25H39N3O2. The van der Waals surface area contributed by atoms with Crippen LogP contribution in [0.3, 0.4) is 0 Å². The molecule has 0 bridgehead atoms. The second-order valence-electron chi connectivity index (χ2n) is 9.18. The van der Waals surface area contributed by atoms with E-state index < -0.39 is 0 Å². The summed E-state index contributed by atoms with van der Waals surface area (Å²) in [6.07, 6.45) is 9.93. The van der Waals surface area contributed by atoms with Crippen molar-refractivity contribution in [3.63, 3.8) is 0 Å². The van der Waals surface area contributed by atoms with E-state index in [-0.39, 0.29) is 11.8 Å². The summed E-state index contributed by atoms with van der Waals surface area (Å²) in [5.74, 6) is 0.735. The van der Waals surface area contributed by atoms with Crippen molar-refractivity contribution in [1.29, 1.82) is 0 Å². The molecule has 2 amide bonds. The molecule has 1 aromatic carbocycles. The van der Waals surface area contributed by atoms with Gasteiger partial charge in [-0.1, -0.05) is 46.0 Å². The van der Waals surface area contributed by atoms with Crippen LogP contribution in [-0.2, 0) is 0 Å². The number of nitrogens with one attached hydrogen (secondary N) is 1. The molecule has 0 aromatic heterocycles. The fourth-order valence-corrected chi connectivity index (χ4v) is 4.56. The summed E-state index contributed by atoms with van der Waals surface area (Å²) in [5.41, 5.74) is 1.36. The third-order valence-electron chi connectivity index (χ3n) is 6.53.